The normalized spacial score (nSPS) is 10.9. The Morgan fingerprint density at radius 3 is 2.44 bits per heavy atom. The van der Waals surface area contributed by atoms with Crippen molar-refractivity contribution in [2.75, 3.05) is 25.0 Å². The molecule has 2 N–H and O–H groups in total. The molecule has 2 rings (SSSR count). The summed E-state index contributed by atoms with van der Waals surface area (Å²) in [5.41, 5.74) is 2.78. The van der Waals surface area contributed by atoms with Gasteiger partial charge in [0.25, 0.3) is 5.91 Å². The van der Waals surface area contributed by atoms with Crippen LogP contribution in [0.1, 0.15) is 22.8 Å². The lowest BCUT2D eigenvalue weighted by molar-refractivity contribution is -0.120. The lowest BCUT2D eigenvalue weighted by atomic mass is 10.1. The maximum absolute atomic E-state index is 12.0. The highest BCUT2D eigenvalue weighted by Gasteiger charge is 2.07. The summed E-state index contributed by atoms with van der Waals surface area (Å²) >= 11 is 0. The van der Waals surface area contributed by atoms with Crippen molar-refractivity contribution < 1.29 is 14.4 Å². The van der Waals surface area contributed by atoms with Crippen LogP contribution >= 0.6 is 0 Å². The van der Waals surface area contributed by atoms with Crippen molar-refractivity contribution in [1.82, 2.24) is 5.32 Å². The number of hydrogen-bond donors (Lipinski definition) is 2. The minimum atomic E-state index is -0.327. The fourth-order valence-corrected chi connectivity index (χ4v) is 2.25. The molecule has 0 aliphatic rings. The molecule has 0 bridgehead atoms. The Morgan fingerprint density at radius 1 is 1.07 bits per heavy atom. The third kappa shape index (κ3) is 6.87. The Morgan fingerprint density at radius 2 is 1.78 bits per heavy atom. The molecule has 6 heteroatoms. The molecule has 27 heavy (non-hydrogen) atoms. The van der Waals surface area contributed by atoms with Gasteiger partial charge in [-0.25, -0.2) is 0 Å². The van der Waals surface area contributed by atoms with Gasteiger partial charge in [0.15, 0.2) is 12.4 Å². The van der Waals surface area contributed by atoms with Gasteiger partial charge in [-0.3, -0.25) is 9.59 Å². The summed E-state index contributed by atoms with van der Waals surface area (Å²) in [6, 6.07) is 16.3. The van der Waals surface area contributed by atoms with Crippen molar-refractivity contribution in [3.8, 4) is 0 Å². The van der Waals surface area contributed by atoms with Crippen molar-refractivity contribution in [2.24, 2.45) is 5.16 Å². The van der Waals surface area contributed by atoms with Crippen LogP contribution in [0.4, 0.5) is 5.69 Å². The van der Waals surface area contributed by atoms with Gasteiger partial charge in [0, 0.05) is 17.8 Å². The first-order valence-corrected chi connectivity index (χ1v) is 8.57. The van der Waals surface area contributed by atoms with Gasteiger partial charge in [-0.1, -0.05) is 41.6 Å². The number of oxime groups is 1. The lowest BCUT2D eigenvalue weighted by Crippen LogP contribution is -2.23. The lowest BCUT2D eigenvalue weighted by Gasteiger charge is -2.07. The van der Waals surface area contributed by atoms with Crippen LogP contribution in [0.25, 0.3) is 0 Å². The fourth-order valence-electron chi connectivity index (χ4n) is 2.25. The molecule has 0 fully saturated rings. The first kappa shape index (κ1) is 20.1. The van der Waals surface area contributed by atoms with E-state index >= 15 is 0 Å². The van der Waals surface area contributed by atoms with E-state index in [4.69, 9.17) is 4.84 Å². The smallest absolute Gasteiger partial charge is 0.265 e. The van der Waals surface area contributed by atoms with Crippen LogP contribution in [-0.2, 0) is 9.63 Å². The molecule has 0 saturated carbocycles. The van der Waals surface area contributed by atoms with Crippen molar-refractivity contribution in [3.63, 3.8) is 0 Å². The number of Topliss-reactive ketones (excluding diaryl/α,β-unsaturated/α-hetero) is 1. The number of carbonyl (C=O) groups excluding carboxylic acids is 2. The average Bonchev–Trinajstić information content (AvgIpc) is 2.69. The van der Waals surface area contributed by atoms with Crippen molar-refractivity contribution in [1.29, 1.82) is 0 Å². The molecule has 140 valence electrons. The van der Waals surface area contributed by atoms with Gasteiger partial charge >= 0.3 is 0 Å². The quantitative estimate of drug-likeness (QED) is 0.223. The number of benzene rings is 2. The molecule has 2 aromatic rings. The van der Waals surface area contributed by atoms with Gasteiger partial charge in [-0.05, 0) is 36.8 Å². The maximum Gasteiger partial charge on any atom is 0.265 e. The molecule has 0 radical (unpaired) electrons. The number of rotatable bonds is 10. The van der Waals surface area contributed by atoms with Crippen LogP contribution in [0.2, 0.25) is 0 Å². The van der Waals surface area contributed by atoms with Gasteiger partial charge in [0.05, 0.1) is 12.3 Å². The molecular formula is C21H23N3O3. The molecule has 0 aliphatic carbocycles. The van der Waals surface area contributed by atoms with Crippen molar-refractivity contribution in [2.45, 2.75) is 6.92 Å². The summed E-state index contributed by atoms with van der Waals surface area (Å²) < 4.78 is 0. The van der Waals surface area contributed by atoms with Crippen molar-refractivity contribution >= 4 is 23.1 Å². The van der Waals surface area contributed by atoms with Gasteiger partial charge in [-0.2, -0.15) is 0 Å². The number of anilines is 1. The van der Waals surface area contributed by atoms with Gasteiger partial charge in [-0.15, -0.1) is 6.58 Å². The summed E-state index contributed by atoms with van der Waals surface area (Å²) in [6.07, 6.45) is 1.69. The third-order valence-electron chi connectivity index (χ3n) is 3.65. The zero-order valence-electron chi connectivity index (χ0n) is 15.3. The Balaban J connectivity index is 1.80. The van der Waals surface area contributed by atoms with E-state index in [1.54, 1.807) is 30.3 Å². The highest BCUT2D eigenvalue weighted by Crippen LogP contribution is 2.10. The van der Waals surface area contributed by atoms with Gasteiger partial charge < -0.3 is 15.5 Å². The Labute approximate surface area is 158 Å². The number of amides is 1. The number of nitrogens with one attached hydrogen (secondary N) is 2. The minimum Gasteiger partial charge on any atom is -0.385 e. The number of nitrogens with zero attached hydrogens (tertiary/aromatic N) is 1. The Kier molecular flexibility index (Phi) is 7.93. The second-order valence-electron chi connectivity index (χ2n) is 5.78. The molecular weight excluding hydrogens is 342 g/mol. The summed E-state index contributed by atoms with van der Waals surface area (Å²) in [5, 5.41) is 9.60. The molecule has 6 nitrogen and oxygen atoms in total. The Bertz CT molecular complexity index is 799. The first-order chi connectivity index (χ1) is 13.1. The number of ketones is 1. The molecule has 0 spiro atoms. The molecule has 1 amide bonds. The first-order valence-electron chi connectivity index (χ1n) is 8.57. The second-order valence-corrected chi connectivity index (χ2v) is 5.78. The maximum atomic E-state index is 12.0. The van der Waals surface area contributed by atoms with Crippen LogP contribution in [0.15, 0.2) is 72.4 Å². The standard InChI is InChI=1S/C21H23N3O3/c1-3-13-22-14-20(25)18-9-11-19(12-10-18)23-21(26)15-27-24-16(2)17-7-5-4-6-8-17/h3-12,22H,1,13-15H2,2H3,(H,23,26)/b24-16+. The highest BCUT2D eigenvalue weighted by molar-refractivity contribution is 5.99. The van der Waals surface area contributed by atoms with Crippen LogP contribution in [-0.4, -0.2) is 37.1 Å². The van der Waals surface area contributed by atoms with E-state index in [-0.39, 0.29) is 24.8 Å². The van der Waals surface area contributed by atoms with Crippen LogP contribution < -0.4 is 10.6 Å². The van der Waals surface area contributed by atoms with Crippen molar-refractivity contribution in [3.05, 3.63) is 78.4 Å². The van der Waals surface area contributed by atoms with E-state index in [1.807, 2.05) is 37.3 Å². The van der Waals surface area contributed by atoms with Gasteiger partial charge in [0.1, 0.15) is 0 Å². The summed E-state index contributed by atoms with van der Waals surface area (Å²) in [5.74, 6) is -0.352. The van der Waals surface area contributed by atoms with Crippen LogP contribution in [0.5, 0.6) is 0 Å². The Hall–Kier alpha value is -3.25. The van der Waals surface area contributed by atoms with E-state index < -0.39 is 0 Å². The van der Waals surface area contributed by atoms with E-state index in [0.29, 0.717) is 23.5 Å². The highest BCUT2D eigenvalue weighted by atomic mass is 16.6. The monoisotopic (exact) mass is 365 g/mol. The zero-order chi connectivity index (χ0) is 19.5. The summed E-state index contributed by atoms with van der Waals surface area (Å²) in [7, 11) is 0. The zero-order valence-corrected chi connectivity index (χ0v) is 15.3. The molecule has 0 saturated heterocycles. The summed E-state index contributed by atoms with van der Waals surface area (Å²) in [4.78, 5) is 29.0. The topological polar surface area (TPSA) is 79.8 Å². The number of hydrogen-bond acceptors (Lipinski definition) is 5. The molecule has 0 unspecified atom stereocenters. The SMILES string of the molecule is C=CCNCC(=O)c1ccc(NC(=O)CO/N=C(\C)c2ccccc2)cc1. The van der Waals surface area contributed by atoms with E-state index in [0.717, 1.165) is 5.56 Å². The van der Waals surface area contributed by atoms with E-state index in [1.165, 1.54) is 0 Å². The largest absolute Gasteiger partial charge is 0.385 e. The van der Waals surface area contributed by atoms with Crippen LogP contribution in [0, 0.1) is 0 Å². The molecule has 2 aromatic carbocycles. The van der Waals surface area contributed by atoms with Crippen LogP contribution in [0.3, 0.4) is 0 Å². The minimum absolute atomic E-state index is 0.0243. The van der Waals surface area contributed by atoms with E-state index in [2.05, 4.69) is 22.4 Å². The molecule has 0 heterocycles. The third-order valence-corrected chi connectivity index (χ3v) is 3.65. The fraction of sp³-hybridized carbons (Fsp3) is 0.190. The predicted octanol–water partition coefficient (Wildman–Crippen LogP) is 3.02. The molecule has 0 aliphatic heterocycles. The summed E-state index contributed by atoms with van der Waals surface area (Å²) in [6.45, 7) is 6.01. The predicted molar refractivity (Wildman–Crippen MR) is 107 cm³/mol. The molecule has 0 atom stereocenters. The van der Waals surface area contributed by atoms with Gasteiger partial charge in [0.2, 0.25) is 0 Å². The van der Waals surface area contributed by atoms with E-state index in [9.17, 15) is 9.59 Å². The average molecular weight is 365 g/mol. The number of carbonyl (C=O) groups is 2. The molecule has 0 aromatic heterocycles. The second kappa shape index (κ2) is 10.7.